The van der Waals surface area contributed by atoms with Gasteiger partial charge < -0.3 is 10.0 Å². The Kier molecular flexibility index (Phi) is 7.50. The van der Waals surface area contributed by atoms with Crippen molar-refractivity contribution in [3.63, 3.8) is 0 Å². The molecule has 4 nitrogen and oxygen atoms in total. The van der Waals surface area contributed by atoms with Crippen molar-refractivity contribution in [2.75, 3.05) is 24.6 Å². The number of hydrogen-bond donors (Lipinski definition) is 1. The Hall–Kier alpha value is -1.75. The number of carbonyl (C=O) groups is 2. The summed E-state index contributed by atoms with van der Waals surface area (Å²) in [7, 11) is 0. The summed E-state index contributed by atoms with van der Waals surface area (Å²) in [6, 6.07) is 10.1. The normalized spacial score (nSPS) is 10.0. The molecule has 108 valence electrons. The minimum atomic E-state index is -1.01. The first-order valence-electron chi connectivity index (χ1n) is 6.35. The summed E-state index contributed by atoms with van der Waals surface area (Å²) in [5.74, 6) is -0.0292. The lowest BCUT2D eigenvalue weighted by atomic mass is 10.2. The highest BCUT2D eigenvalue weighted by Gasteiger charge is 2.14. The van der Waals surface area contributed by atoms with Crippen LogP contribution < -0.4 is 0 Å². The van der Waals surface area contributed by atoms with Crippen LogP contribution in [0.2, 0.25) is 0 Å². The number of amides is 1. The van der Waals surface area contributed by atoms with E-state index in [2.05, 4.69) is 18.7 Å². The van der Waals surface area contributed by atoms with Crippen LogP contribution in [0.15, 0.2) is 43.0 Å². The molecule has 0 aliphatic heterocycles. The van der Waals surface area contributed by atoms with Gasteiger partial charge >= 0.3 is 5.97 Å². The Labute approximate surface area is 123 Å². The molecule has 1 N–H and O–H groups in total. The number of carboxylic acids is 1. The maximum atomic E-state index is 11.9. The number of rotatable bonds is 9. The highest BCUT2D eigenvalue weighted by atomic mass is 32.2. The van der Waals surface area contributed by atoms with Gasteiger partial charge in [0.05, 0.1) is 5.75 Å². The van der Waals surface area contributed by atoms with Gasteiger partial charge in [-0.05, 0) is 17.7 Å². The van der Waals surface area contributed by atoms with Crippen molar-refractivity contribution in [1.29, 1.82) is 0 Å². The number of benzene rings is 1. The van der Waals surface area contributed by atoms with E-state index >= 15 is 0 Å². The Morgan fingerprint density at radius 3 is 2.60 bits per heavy atom. The van der Waals surface area contributed by atoms with Crippen molar-refractivity contribution >= 4 is 23.6 Å². The van der Waals surface area contributed by atoms with Crippen LogP contribution in [0.25, 0.3) is 0 Å². The van der Waals surface area contributed by atoms with Crippen LogP contribution in [0.5, 0.6) is 0 Å². The molecule has 0 saturated heterocycles. The molecule has 0 unspecified atom stereocenters. The predicted molar refractivity (Wildman–Crippen MR) is 81.9 cm³/mol. The number of carbonyl (C=O) groups excluding carboxylic acids is 1. The van der Waals surface area contributed by atoms with Gasteiger partial charge in [0.1, 0.15) is 6.54 Å². The summed E-state index contributed by atoms with van der Waals surface area (Å²) in [5.41, 5.74) is 1.24. The first-order valence-corrected chi connectivity index (χ1v) is 7.51. The standard InChI is InChI=1S/C15H19NO3S/c1-2-9-16(11-15(18)19)14(17)12-20-10-8-13-6-4-3-5-7-13/h2-7H,1,8-12H2,(H,18,19). The fraction of sp³-hybridized carbons (Fsp3) is 0.333. The first-order chi connectivity index (χ1) is 9.63. The molecule has 1 aromatic rings. The summed E-state index contributed by atoms with van der Waals surface area (Å²) in [5, 5.41) is 8.74. The lowest BCUT2D eigenvalue weighted by Crippen LogP contribution is -2.37. The average molecular weight is 293 g/mol. The van der Waals surface area contributed by atoms with Crippen molar-refractivity contribution in [2.24, 2.45) is 0 Å². The molecule has 1 amide bonds. The van der Waals surface area contributed by atoms with Gasteiger partial charge in [-0.2, -0.15) is 11.8 Å². The third-order valence-electron chi connectivity index (χ3n) is 2.63. The Morgan fingerprint density at radius 1 is 1.30 bits per heavy atom. The molecule has 0 bridgehead atoms. The van der Waals surface area contributed by atoms with Crippen LogP contribution >= 0.6 is 11.8 Å². The molecule has 0 aliphatic rings. The molecule has 0 atom stereocenters. The van der Waals surface area contributed by atoms with Gasteiger partial charge in [0.2, 0.25) is 5.91 Å². The van der Waals surface area contributed by atoms with E-state index in [1.165, 1.54) is 28.3 Å². The van der Waals surface area contributed by atoms with E-state index in [4.69, 9.17) is 5.11 Å². The van der Waals surface area contributed by atoms with Gasteiger partial charge in [0.15, 0.2) is 0 Å². The van der Waals surface area contributed by atoms with E-state index in [0.717, 1.165) is 12.2 Å². The zero-order valence-corrected chi connectivity index (χ0v) is 12.1. The summed E-state index contributed by atoms with van der Waals surface area (Å²) in [4.78, 5) is 23.8. The number of hydrogen-bond acceptors (Lipinski definition) is 3. The lowest BCUT2D eigenvalue weighted by Gasteiger charge is -2.18. The molecule has 0 fully saturated rings. The molecule has 0 radical (unpaired) electrons. The highest BCUT2D eigenvalue weighted by Crippen LogP contribution is 2.08. The molecule has 0 saturated carbocycles. The number of aliphatic carboxylic acids is 1. The molecular formula is C15H19NO3S. The van der Waals surface area contributed by atoms with Gasteiger partial charge in [-0.15, -0.1) is 6.58 Å². The van der Waals surface area contributed by atoms with Crippen LogP contribution in [0.3, 0.4) is 0 Å². The second-order valence-electron chi connectivity index (χ2n) is 4.24. The number of thioether (sulfide) groups is 1. The van der Waals surface area contributed by atoms with Gasteiger partial charge in [0, 0.05) is 6.54 Å². The van der Waals surface area contributed by atoms with Gasteiger partial charge in [0.25, 0.3) is 0 Å². The van der Waals surface area contributed by atoms with E-state index in [1.807, 2.05) is 18.2 Å². The van der Waals surface area contributed by atoms with E-state index in [0.29, 0.717) is 5.75 Å². The van der Waals surface area contributed by atoms with Gasteiger partial charge in [-0.3, -0.25) is 9.59 Å². The number of carboxylic acid groups (broad SMARTS) is 1. The van der Waals surface area contributed by atoms with Crippen LogP contribution in [-0.4, -0.2) is 46.5 Å². The molecule has 1 aromatic carbocycles. The van der Waals surface area contributed by atoms with E-state index in [1.54, 1.807) is 0 Å². The third-order valence-corrected chi connectivity index (χ3v) is 3.58. The maximum absolute atomic E-state index is 11.9. The summed E-state index contributed by atoms with van der Waals surface area (Å²) in [6.07, 6.45) is 2.44. The quantitative estimate of drug-likeness (QED) is 0.559. The third kappa shape index (κ3) is 6.43. The predicted octanol–water partition coefficient (Wildman–Crippen LogP) is 2.06. The zero-order chi connectivity index (χ0) is 14.8. The minimum Gasteiger partial charge on any atom is -0.480 e. The Balaban J connectivity index is 2.30. The van der Waals surface area contributed by atoms with Crippen LogP contribution in [-0.2, 0) is 16.0 Å². The molecule has 0 aliphatic carbocycles. The fourth-order valence-corrected chi connectivity index (χ4v) is 2.54. The lowest BCUT2D eigenvalue weighted by molar-refractivity contribution is -0.143. The summed E-state index contributed by atoms with van der Waals surface area (Å²) >= 11 is 1.52. The molecule has 0 spiro atoms. The fourth-order valence-electron chi connectivity index (χ4n) is 1.66. The SMILES string of the molecule is C=CCN(CC(=O)O)C(=O)CSCCc1ccccc1. The van der Waals surface area contributed by atoms with E-state index in [-0.39, 0.29) is 19.0 Å². The van der Waals surface area contributed by atoms with Gasteiger partial charge in [-0.25, -0.2) is 0 Å². The van der Waals surface area contributed by atoms with Crippen molar-refractivity contribution in [1.82, 2.24) is 4.90 Å². The van der Waals surface area contributed by atoms with E-state index in [9.17, 15) is 9.59 Å². The smallest absolute Gasteiger partial charge is 0.323 e. The molecule has 0 aromatic heterocycles. The summed E-state index contributed by atoms with van der Waals surface area (Å²) in [6.45, 7) is 3.53. The molecule has 0 heterocycles. The molecule has 1 rings (SSSR count). The van der Waals surface area contributed by atoms with Crippen molar-refractivity contribution in [3.05, 3.63) is 48.6 Å². The number of aryl methyl sites for hydroxylation is 1. The van der Waals surface area contributed by atoms with Crippen LogP contribution in [0.1, 0.15) is 5.56 Å². The second kappa shape index (κ2) is 9.20. The summed E-state index contributed by atoms with van der Waals surface area (Å²) < 4.78 is 0. The molecule has 20 heavy (non-hydrogen) atoms. The maximum Gasteiger partial charge on any atom is 0.323 e. The largest absolute Gasteiger partial charge is 0.480 e. The number of nitrogens with zero attached hydrogens (tertiary/aromatic N) is 1. The minimum absolute atomic E-state index is 0.162. The topological polar surface area (TPSA) is 57.6 Å². The van der Waals surface area contributed by atoms with Crippen molar-refractivity contribution in [3.8, 4) is 0 Å². The Bertz CT molecular complexity index is 448. The van der Waals surface area contributed by atoms with Crippen LogP contribution in [0, 0.1) is 0 Å². The monoisotopic (exact) mass is 293 g/mol. The van der Waals surface area contributed by atoms with Gasteiger partial charge in [-0.1, -0.05) is 36.4 Å². The zero-order valence-electron chi connectivity index (χ0n) is 11.3. The Morgan fingerprint density at radius 2 is 2.00 bits per heavy atom. The van der Waals surface area contributed by atoms with Crippen LogP contribution in [0.4, 0.5) is 0 Å². The first kappa shape index (κ1) is 16.3. The van der Waals surface area contributed by atoms with Crippen molar-refractivity contribution in [2.45, 2.75) is 6.42 Å². The highest BCUT2D eigenvalue weighted by molar-refractivity contribution is 7.99. The second-order valence-corrected chi connectivity index (χ2v) is 5.35. The average Bonchev–Trinajstić information content (AvgIpc) is 2.43. The van der Waals surface area contributed by atoms with Crippen molar-refractivity contribution < 1.29 is 14.7 Å². The van der Waals surface area contributed by atoms with E-state index < -0.39 is 5.97 Å². The molecular weight excluding hydrogens is 274 g/mol. The molecule has 5 heteroatoms.